The Hall–Kier alpha value is -2.83. The highest BCUT2D eigenvalue weighted by Crippen LogP contribution is 2.25. The highest BCUT2D eigenvalue weighted by atomic mass is 16.5. The van der Waals surface area contributed by atoms with E-state index in [0.717, 1.165) is 12.2 Å². The predicted molar refractivity (Wildman–Crippen MR) is 91.6 cm³/mol. The molecule has 124 valence electrons. The zero-order valence-corrected chi connectivity index (χ0v) is 13.5. The molecule has 24 heavy (non-hydrogen) atoms. The van der Waals surface area contributed by atoms with E-state index in [1.807, 2.05) is 6.07 Å². The molecule has 1 aliphatic carbocycles. The van der Waals surface area contributed by atoms with Gasteiger partial charge in [0.2, 0.25) is 5.95 Å². The second-order valence-corrected chi connectivity index (χ2v) is 5.98. The Balaban J connectivity index is 1.37. The maximum Gasteiger partial charge on any atom is 0.263 e. The van der Waals surface area contributed by atoms with Gasteiger partial charge in [0, 0.05) is 7.05 Å². The van der Waals surface area contributed by atoms with Gasteiger partial charge in [-0.15, -0.1) is 0 Å². The molecule has 2 N–H and O–H groups in total. The molecule has 0 fully saturated rings. The molecular formula is C17H19N5O2. The van der Waals surface area contributed by atoms with Crippen LogP contribution in [0.25, 0.3) is 11.0 Å². The Bertz CT molecular complexity index is 944. The molecule has 0 saturated carbocycles. The minimum absolute atomic E-state index is 0.199. The number of aromatic amines is 1. The summed E-state index contributed by atoms with van der Waals surface area (Å²) in [5, 5.41) is 7.61. The molecule has 4 rings (SSSR count). The van der Waals surface area contributed by atoms with Gasteiger partial charge in [-0.1, -0.05) is 6.07 Å². The zero-order valence-electron chi connectivity index (χ0n) is 13.5. The maximum atomic E-state index is 12.0. The molecule has 7 heteroatoms. The first-order valence-corrected chi connectivity index (χ1v) is 8.11. The lowest BCUT2D eigenvalue weighted by Gasteiger charge is -2.09. The van der Waals surface area contributed by atoms with Gasteiger partial charge in [0.25, 0.3) is 5.56 Å². The second-order valence-electron chi connectivity index (χ2n) is 5.98. The zero-order chi connectivity index (χ0) is 16.5. The molecule has 0 radical (unpaired) electrons. The summed E-state index contributed by atoms with van der Waals surface area (Å²) >= 11 is 0. The molecule has 3 aromatic rings. The SMILES string of the molecule is Cn1ncc2c(=O)[nH]c(NCCOc3ccc4c(c3)CCC4)nc21. The number of rotatable bonds is 5. The van der Waals surface area contributed by atoms with E-state index >= 15 is 0 Å². The van der Waals surface area contributed by atoms with Crippen molar-refractivity contribution in [3.05, 3.63) is 45.9 Å². The van der Waals surface area contributed by atoms with Crippen LogP contribution < -0.4 is 15.6 Å². The summed E-state index contributed by atoms with van der Waals surface area (Å²) in [6.45, 7) is 1.04. The average molecular weight is 325 g/mol. The van der Waals surface area contributed by atoms with Gasteiger partial charge in [-0.3, -0.25) is 14.5 Å². The Morgan fingerprint density at radius 1 is 1.33 bits per heavy atom. The van der Waals surface area contributed by atoms with Gasteiger partial charge in [0.05, 0.1) is 12.7 Å². The molecule has 0 spiro atoms. The molecule has 0 saturated heterocycles. The number of anilines is 1. The summed E-state index contributed by atoms with van der Waals surface area (Å²) in [6.07, 6.45) is 5.06. The van der Waals surface area contributed by atoms with Gasteiger partial charge in [-0.05, 0) is 42.5 Å². The number of nitrogens with zero attached hydrogens (tertiary/aromatic N) is 3. The van der Waals surface area contributed by atoms with Crippen LogP contribution in [0.1, 0.15) is 17.5 Å². The summed E-state index contributed by atoms with van der Waals surface area (Å²) in [5.74, 6) is 1.31. The van der Waals surface area contributed by atoms with Crippen molar-refractivity contribution in [1.29, 1.82) is 0 Å². The summed E-state index contributed by atoms with van der Waals surface area (Å²) < 4.78 is 7.36. The van der Waals surface area contributed by atoms with Crippen molar-refractivity contribution in [2.24, 2.45) is 7.05 Å². The number of aromatic nitrogens is 4. The largest absolute Gasteiger partial charge is 0.492 e. The first kappa shape index (κ1) is 14.7. The molecule has 0 aliphatic heterocycles. The Morgan fingerprint density at radius 3 is 3.12 bits per heavy atom. The Labute approximate surface area is 138 Å². The third-order valence-electron chi connectivity index (χ3n) is 4.33. The summed E-state index contributed by atoms with van der Waals surface area (Å²) in [6, 6.07) is 6.30. The predicted octanol–water partition coefficient (Wildman–Crippen LogP) is 1.64. The van der Waals surface area contributed by atoms with Crippen molar-refractivity contribution in [1.82, 2.24) is 19.7 Å². The molecule has 2 heterocycles. The quantitative estimate of drug-likeness (QED) is 0.697. The van der Waals surface area contributed by atoms with Crippen LogP contribution in [0.3, 0.4) is 0 Å². The molecular weight excluding hydrogens is 306 g/mol. The normalized spacial score (nSPS) is 13.2. The van der Waals surface area contributed by atoms with E-state index in [2.05, 4.69) is 32.5 Å². The lowest BCUT2D eigenvalue weighted by atomic mass is 10.1. The van der Waals surface area contributed by atoms with Crippen LogP contribution in [0.5, 0.6) is 5.75 Å². The van der Waals surface area contributed by atoms with Crippen LogP contribution in [0.2, 0.25) is 0 Å². The van der Waals surface area contributed by atoms with Crippen LogP contribution in [-0.2, 0) is 19.9 Å². The van der Waals surface area contributed by atoms with E-state index in [9.17, 15) is 4.79 Å². The van der Waals surface area contributed by atoms with Crippen molar-refractivity contribution >= 4 is 17.0 Å². The van der Waals surface area contributed by atoms with Crippen LogP contribution in [-0.4, -0.2) is 32.9 Å². The fourth-order valence-electron chi connectivity index (χ4n) is 3.09. The minimum Gasteiger partial charge on any atom is -0.492 e. The molecule has 2 aromatic heterocycles. The fourth-order valence-corrected chi connectivity index (χ4v) is 3.09. The van der Waals surface area contributed by atoms with Crippen LogP contribution in [0, 0.1) is 0 Å². The van der Waals surface area contributed by atoms with Gasteiger partial charge in [-0.25, -0.2) is 0 Å². The van der Waals surface area contributed by atoms with Crippen LogP contribution >= 0.6 is 0 Å². The highest BCUT2D eigenvalue weighted by molar-refractivity contribution is 5.74. The number of H-pyrrole nitrogens is 1. The molecule has 7 nitrogen and oxygen atoms in total. The van der Waals surface area contributed by atoms with Crippen molar-refractivity contribution in [2.45, 2.75) is 19.3 Å². The maximum absolute atomic E-state index is 12.0. The van der Waals surface area contributed by atoms with Crippen molar-refractivity contribution in [3.63, 3.8) is 0 Å². The number of benzene rings is 1. The monoisotopic (exact) mass is 325 g/mol. The van der Waals surface area contributed by atoms with Crippen molar-refractivity contribution in [3.8, 4) is 5.75 Å². The second kappa shape index (κ2) is 5.99. The molecule has 1 aliphatic rings. The standard InChI is InChI=1S/C17H19N5O2/c1-22-15-14(10-19-22)16(23)21-17(20-15)18-7-8-24-13-6-5-11-3-2-4-12(11)9-13/h5-6,9-10H,2-4,7-8H2,1H3,(H2,18,20,21,23). The molecule has 1 aromatic carbocycles. The summed E-state index contributed by atoms with van der Waals surface area (Å²) in [7, 11) is 1.76. The van der Waals surface area contributed by atoms with Crippen LogP contribution in [0.15, 0.2) is 29.2 Å². The van der Waals surface area contributed by atoms with E-state index in [-0.39, 0.29) is 5.56 Å². The topological polar surface area (TPSA) is 84.8 Å². The third-order valence-corrected chi connectivity index (χ3v) is 4.33. The number of fused-ring (bicyclic) bond motifs is 2. The molecule has 0 amide bonds. The van der Waals surface area contributed by atoms with E-state index in [1.165, 1.54) is 30.2 Å². The molecule has 0 unspecified atom stereocenters. The Morgan fingerprint density at radius 2 is 2.21 bits per heavy atom. The van der Waals surface area contributed by atoms with Gasteiger partial charge >= 0.3 is 0 Å². The minimum atomic E-state index is -0.199. The van der Waals surface area contributed by atoms with E-state index < -0.39 is 0 Å². The van der Waals surface area contributed by atoms with E-state index in [1.54, 1.807) is 11.7 Å². The van der Waals surface area contributed by atoms with E-state index in [4.69, 9.17) is 4.74 Å². The molecule has 0 bridgehead atoms. The molecule has 0 atom stereocenters. The number of ether oxygens (including phenoxy) is 1. The van der Waals surface area contributed by atoms with Crippen molar-refractivity contribution in [2.75, 3.05) is 18.5 Å². The number of hydrogen-bond acceptors (Lipinski definition) is 5. The van der Waals surface area contributed by atoms with E-state index in [0.29, 0.717) is 30.1 Å². The Kier molecular flexibility index (Phi) is 3.68. The smallest absolute Gasteiger partial charge is 0.263 e. The van der Waals surface area contributed by atoms with Crippen molar-refractivity contribution < 1.29 is 4.74 Å². The third kappa shape index (κ3) is 2.73. The lowest BCUT2D eigenvalue weighted by molar-refractivity contribution is 0.332. The van der Waals surface area contributed by atoms with Gasteiger partial charge in [-0.2, -0.15) is 10.1 Å². The lowest BCUT2D eigenvalue weighted by Crippen LogP contribution is -2.17. The first-order chi connectivity index (χ1) is 11.7. The first-order valence-electron chi connectivity index (χ1n) is 8.11. The summed E-state index contributed by atoms with van der Waals surface area (Å²) in [4.78, 5) is 19.0. The summed E-state index contributed by atoms with van der Waals surface area (Å²) in [5.41, 5.74) is 3.19. The highest BCUT2D eigenvalue weighted by Gasteiger charge is 2.11. The van der Waals surface area contributed by atoms with Gasteiger partial charge in [0.1, 0.15) is 17.7 Å². The van der Waals surface area contributed by atoms with Gasteiger partial charge < -0.3 is 10.1 Å². The number of aryl methyl sites for hydroxylation is 3. The number of nitrogens with one attached hydrogen (secondary N) is 2. The van der Waals surface area contributed by atoms with Crippen LogP contribution in [0.4, 0.5) is 5.95 Å². The number of hydrogen-bond donors (Lipinski definition) is 2. The van der Waals surface area contributed by atoms with Gasteiger partial charge in [0.15, 0.2) is 5.65 Å². The average Bonchev–Trinajstić information content (AvgIpc) is 3.18. The fraction of sp³-hybridized carbons (Fsp3) is 0.353.